The Labute approximate surface area is 151 Å². The third-order valence-corrected chi connectivity index (χ3v) is 4.36. The minimum absolute atomic E-state index is 0.0998. The summed E-state index contributed by atoms with van der Waals surface area (Å²) in [6, 6.07) is 2.53. The summed E-state index contributed by atoms with van der Waals surface area (Å²) in [5.41, 5.74) is -1.54. The van der Waals surface area contributed by atoms with Crippen LogP contribution in [0.3, 0.4) is 0 Å². The first kappa shape index (κ1) is 21.3. The second-order valence-electron chi connectivity index (χ2n) is 6.21. The van der Waals surface area contributed by atoms with E-state index >= 15 is 0 Å². The highest BCUT2D eigenvalue weighted by Gasteiger charge is 2.32. The molecule has 0 radical (unpaired) electrons. The molecule has 0 amide bonds. The smallest absolute Gasteiger partial charge is 0.336 e. The molecule has 0 aliphatic rings. The fraction of sp³-hybridized carbons (Fsp3) is 0.500. The second-order valence-corrected chi connectivity index (χ2v) is 6.21. The fourth-order valence-electron chi connectivity index (χ4n) is 2.90. The van der Waals surface area contributed by atoms with Crippen LogP contribution in [0.15, 0.2) is 18.2 Å². The quantitative estimate of drug-likeness (QED) is 0.268. The molecule has 0 aliphatic carbocycles. The van der Waals surface area contributed by atoms with Crippen LogP contribution in [0, 0.1) is 20.2 Å². The van der Waals surface area contributed by atoms with E-state index in [1.807, 2.05) is 6.92 Å². The van der Waals surface area contributed by atoms with Crippen molar-refractivity contribution in [1.82, 2.24) is 0 Å². The molecule has 0 saturated carbocycles. The minimum atomic E-state index is -1.45. The molecule has 142 valence electrons. The lowest BCUT2D eigenvalue weighted by Crippen LogP contribution is -2.08. The standard InChI is InChI=1S/C18H24N2O6/c1-4-6-7-8-9-12(3)13-10-15(19(23)24)17(14(5-2)18(21)22)16(11-13)20(25)26/h5,10-12H,4,6-9H2,1-3H3,(H,21,22)/b14-5+. The van der Waals surface area contributed by atoms with E-state index in [4.69, 9.17) is 0 Å². The van der Waals surface area contributed by atoms with Crippen LogP contribution in [0.4, 0.5) is 11.4 Å². The molecular formula is C18H24N2O6. The monoisotopic (exact) mass is 364 g/mol. The Bertz CT molecular complexity index is 691. The van der Waals surface area contributed by atoms with Crippen LogP contribution in [0.5, 0.6) is 0 Å². The molecule has 0 aliphatic heterocycles. The molecular weight excluding hydrogens is 340 g/mol. The highest BCUT2D eigenvalue weighted by Crippen LogP contribution is 2.38. The van der Waals surface area contributed by atoms with Gasteiger partial charge in [-0.3, -0.25) is 20.2 Å². The third kappa shape index (κ3) is 5.11. The van der Waals surface area contributed by atoms with Crippen molar-refractivity contribution in [3.05, 3.63) is 49.6 Å². The molecule has 26 heavy (non-hydrogen) atoms. The molecule has 0 heterocycles. The highest BCUT2D eigenvalue weighted by molar-refractivity contribution is 6.18. The summed E-state index contributed by atoms with van der Waals surface area (Å²) in [5, 5.41) is 32.2. The van der Waals surface area contributed by atoms with Crippen molar-refractivity contribution < 1.29 is 19.7 Å². The number of rotatable bonds is 10. The lowest BCUT2D eigenvalue weighted by Gasteiger charge is -2.14. The molecule has 1 aromatic rings. The average molecular weight is 364 g/mol. The molecule has 1 unspecified atom stereocenters. The number of hydrogen-bond acceptors (Lipinski definition) is 5. The Morgan fingerprint density at radius 1 is 1.15 bits per heavy atom. The number of hydrogen-bond donors (Lipinski definition) is 1. The summed E-state index contributed by atoms with van der Waals surface area (Å²) in [7, 11) is 0. The van der Waals surface area contributed by atoms with Crippen LogP contribution >= 0.6 is 0 Å². The van der Waals surface area contributed by atoms with Gasteiger partial charge in [0.15, 0.2) is 0 Å². The zero-order chi connectivity index (χ0) is 19.9. The Hall–Kier alpha value is -2.77. The molecule has 1 aromatic carbocycles. The lowest BCUT2D eigenvalue weighted by atomic mass is 9.90. The second kappa shape index (κ2) is 9.65. The Kier molecular flexibility index (Phi) is 7.89. The van der Waals surface area contributed by atoms with Crippen molar-refractivity contribution >= 4 is 22.9 Å². The van der Waals surface area contributed by atoms with Gasteiger partial charge < -0.3 is 5.11 Å². The van der Waals surface area contributed by atoms with Gasteiger partial charge in [0.1, 0.15) is 5.56 Å². The summed E-state index contributed by atoms with van der Waals surface area (Å²) in [6.45, 7) is 5.33. The van der Waals surface area contributed by atoms with Gasteiger partial charge in [-0.05, 0) is 24.8 Å². The van der Waals surface area contributed by atoms with Crippen molar-refractivity contribution in [2.45, 2.75) is 58.8 Å². The van der Waals surface area contributed by atoms with Crippen molar-refractivity contribution in [2.75, 3.05) is 0 Å². The maximum absolute atomic E-state index is 11.5. The number of aliphatic carboxylic acids is 1. The number of carboxylic acids is 1. The Morgan fingerprint density at radius 2 is 1.69 bits per heavy atom. The van der Waals surface area contributed by atoms with Gasteiger partial charge in [0.2, 0.25) is 0 Å². The first-order valence-electron chi connectivity index (χ1n) is 8.61. The van der Waals surface area contributed by atoms with E-state index in [0.29, 0.717) is 5.56 Å². The molecule has 8 heteroatoms. The molecule has 0 bridgehead atoms. The van der Waals surface area contributed by atoms with Crippen LogP contribution in [-0.2, 0) is 4.79 Å². The number of allylic oxidation sites excluding steroid dienone is 1. The van der Waals surface area contributed by atoms with Gasteiger partial charge in [-0.2, -0.15) is 0 Å². The summed E-state index contributed by atoms with van der Waals surface area (Å²) < 4.78 is 0. The predicted molar refractivity (Wildman–Crippen MR) is 98.2 cm³/mol. The lowest BCUT2D eigenvalue weighted by molar-refractivity contribution is -0.394. The van der Waals surface area contributed by atoms with E-state index in [1.165, 1.54) is 19.1 Å². The van der Waals surface area contributed by atoms with Gasteiger partial charge in [0.05, 0.1) is 15.4 Å². The molecule has 1 atom stereocenters. The largest absolute Gasteiger partial charge is 0.478 e. The predicted octanol–water partition coefficient (Wildman–Crippen LogP) is 5.06. The van der Waals surface area contributed by atoms with E-state index < -0.39 is 38.3 Å². The zero-order valence-electron chi connectivity index (χ0n) is 15.2. The molecule has 1 N–H and O–H groups in total. The number of carbonyl (C=O) groups is 1. The van der Waals surface area contributed by atoms with Gasteiger partial charge in [-0.15, -0.1) is 0 Å². The van der Waals surface area contributed by atoms with E-state index in [2.05, 4.69) is 6.92 Å². The van der Waals surface area contributed by atoms with E-state index in [9.17, 15) is 30.1 Å². The van der Waals surface area contributed by atoms with E-state index in [-0.39, 0.29) is 5.92 Å². The Morgan fingerprint density at radius 3 is 2.08 bits per heavy atom. The van der Waals surface area contributed by atoms with Gasteiger partial charge in [-0.1, -0.05) is 45.6 Å². The maximum atomic E-state index is 11.5. The fourth-order valence-corrected chi connectivity index (χ4v) is 2.90. The van der Waals surface area contributed by atoms with Gasteiger partial charge in [-0.25, -0.2) is 4.79 Å². The molecule has 0 fully saturated rings. The van der Waals surface area contributed by atoms with Crippen LogP contribution < -0.4 is 0 Å². The average Bonchev–Trinajstić information content (AvgIpc) is 2.58. The number of unbranched alkanes of at least 4 members (excludes halogenated alkanes) is 3. The van der Waals surface area contributed by atoms with Crippen LogP contribution in [-0.4, -0.2) is 20.9 Å². The van der Waals surface area contributed by atoms with Gasteiger partial charge in [0, 0.05) is 12.1 Å². The number of nitro groups is 2. The Balaban J connectivity index is 3.44. The molecule has 1 rings (SSSR count). The molecule has 8 nitrogen and oxygen atoms in total. The van der Waals surface area contributed by atoms with Crippen LogP contribution in [0.2, 0.25) is 0 Å². The van der Waals surface area contributed by atoms with Crippen molar-refractivity contribution in [3.63, 3.8) is 0 Å². The van der Waals surface area contributed by atoms with Crippen LogP contribution in [0.1, 0.15) is 69.9 Å². The third-order valence-electron chi connectivity index (χ3n) is 4.36. The van der Waals surface area contributed by atoms with Crippen molar-refractivity contribution in [3.8, 4) is 0 Å². The first-order valence-corrected chi connectivity index (χ1v) is 8.61. The number of benzene rings is 1. The normalized spacial score (nSPS) is 12.7. The number of carboxylic acid groups (broad SMARTS) is 1. The van der Waals surface area contributed by atoms with Crippen LogP contribution in [0.25, 0.3) is 5.57 Å². The molecule has 0 aromatic heterocycles. The summed E-state index contributed by atoms with van der Waals surface area (Å²) in [4.78, 5) is 32.8. The number of nitro benzene ring substituents is 2. The van der Waals surface area contributed by atoms with Crippen molar-refractivity contribution in [2.24, 2.45) is 0 Å². The van der Waals surface area contributed by atoms with Gasteiger partial charge >= 0.3 is 5.97 Å². The topological polar surface area (TPSA) is 124 Å². The van der Waals surface area contributed by atoms with E-state index in [0.717, 1.165) is 38.2 Å². The summed E-state index contributed by atoms with van der Waals surface area (Å²) in [6.07, 6.45) is 6.02. The SMILES string of the molecule is C/C=C(/C(=O)O)c1c([N+](=O)[O-])cc(C(C)CCCCCC)cc1[N+](=O)[O-]. The molecule has 0 spiro atoms. The van der Waals surface area contributed by atoms with E-state index in [1.54, 1.807) is 0 Å². The maximum Gasteiger partial charge on any atom is 0.336 e. The van der Waals surface area contributed by atoms with Gasteiger partial charge in [0.25, 0.3) is 11.4 Å². The first-order chi connectivity index (χ1) is 12.2. The van der Waals surface area contributed by atoms with Crippen molar-refractivity contribution in [1.29, 1.82) is 0 Å². The minimum Gasteiger partial charge on any atom is -0.478 e. The summed E-state index contributed by atoms with van der Waals surface area (Å²) in [5.74, 6) is -1.55. The summed E-state index contributed by atoms with van der Waals surface area (Å²) >= 11 is 0. The number of nitrogens with zero attached hydrogens (tertiary/aromatic N) is 2. The molecule has 0 saturated heterocycles. The highest BCUT2D eigenvalue weighted by atomic mass is 16.6. The zero-order valence-corrected chi connectivity index (χ0v) is 15.2.